The van der Waals surface area contributed by atoms with E-state index in [-0.39, 0.29) is 5.75 Å². The van der Waals surface area contributed by atoms with Crippen LogP contribution in [0, 0.1) is 0 Å². The van der Waals surface area contributed by atoms with E-state index in [1.165, 1.54) is 31.4 Å². The van der Waals surface area contributed by atoms with E-state index in [9.17, 15) is 14.7 Å². The predicted octanol–water partition coefficient (Wildman–Crippen LogP) is 5.20. The van der Waals surface area contributed by atoms with Crippen molar-refractivity contribution in [2.75, 3.05) is 29.7 Å². The first-order chi connectivity index (χ1) is 16.9. The van der Waals surface area contributed by atoms with Gasteiger partial charge in [0, 0.05) is 23.8 Å². The molecule has 0 unspecified atom stereocenters. The average Bonchev–Trinajstić information content (AvgIpc) is 2.86. The molecule has 0 bridgehead atoms. The summed E-state index contributed by atoms with van der Waals surface area (Å²) in [5.74, 6) is -0.358. The molecule has 35 heavy (non-hydrogen) atoms. The molecule has 0 aliphatic heterocycles. The van der Waals surface area contributed by atoms with Crippen molar-refractivity contribution < 1.29 is 24.2 Å². The van der Waals surface area contributed by atoms with Gasteiger partial charge in [0.1, 0.15) is 11.9 Å². The fourth-order valence-electron chi connectivity index (χ4n) is 3.20. The lowest BCUT2D eigenvalue weighted by molar-refractivity contribution is -0.112. The predicted molar refractivity (Wildman–Crippen MR) is 139 cm³/mol. The Hall–Kier alpha value is -3.95. The molecule has 0 saturated heterocycles. The molecule has 3 aromatic carbocycles. The summed E-state index contributed by atoms with van der Waals surface area (Å²) in [7, 11) is 1.44. The summed E-state index contributed by atoms with van der Waals surface area (Å²) < 4.78 is 11.2. The van der Waals surface area contributed by atoms with E-state index in [0.717, 1.165) is 4.90 Å². The number of methoxy groups -OCH3 is 1. The number of anilines is 3. The molecule has 0 spiro atoms. The lowest BCUT2D eigenvalue weighted by Gasteiger charge is -2.24. The molecule has 3 aromatic rings. The van der Waals surface area contributed by atoms with Gasteiger partial charge in [0.05, 0.1) is 11.4 Å². The second-order valence-corrected chi connectivity index (χ2v) is 8.29. The normalized spacial score (nSPS) is 12.6. The van der Waals surface area contributed by atoms with Crippen molar-refractivity contribution in [2.45, 2.75) is 17.1 Å². The molecule has 0 aromatic heterocycles. The zero-order valence-corrected chi connectivity index (χ0v) is 20.1. The molecule has 2 atom stereocenters. The molecule has 3 rings (SSSR count). The molecular weight excluding hydrogens is 466 g/mol. The Labute approximate surface area is 208 Å². The Morgan fingerprint density at radius 1 is 1.00 bits per heavy atom. The highest BCUT2D eigenvalue weighted by Gasteiger charge is 2.26. The molecule has 0 fully saturated rings. The summed E-state index contributed by atoms with van der Waals surface area (Å²) in [6, 6.07) is 20.4. The Balaban J connectivity index is 1.76. The van der Waals surface area contributed by atoms with Crippen molar-refractivity contribution in [2.24, 2.45) is 0 Å². The first kappa shape index (κ1) is 25.7. The smallest absolute Gasteiger partial charge is 0.412 e. The van der Waals surface area contributed by atoms with Crippen LogP contribution in [0.1, 0.15) is 11.7 Å². The van der Waals surface area contributed by atoms with E-state index < -0.39 is 24.2 Å². The SMILES string of the molecule is CO[C@H](/C=C/C(=O)Nc1ccccc1N)[C@H](OC(=O)Nc1ccc(SC)cc1)c1ccc(O)cc1. The topological polar surface area (TPSA) is 123 Å². The third-order valence-corrected chi connectivity index (χ3v) is 5.76. The molecule has 0 heterocycles. The summed E-state index contributed by atoms with van der Waals surface area (Å²) in [5, 5.41) is 15.1. The van der Waals surface area contributed by atoms with Crippen molar-refractivity contribution in [3.05, 3.63) is 90.5 Å². The molecule has 9 heteroatoms. The third kappa shape index (κ3) is 7.53. The molecule has 0 radical (unpaired) electrons. The van der Waals surface area contributed by atoms with Crippen LogP contribution >= 0.6 is 11.8 Å². The van der Waals surface area contributed by atoms with Crippen LogP contribution < -0.4 is 16.4 Å². The maximum absolute atomic E-state index is 12.7. The summed E-state index contributed by atoms with van der Waals surface area (Å²) in [6.45, 7) is 0. The number of amides is 2. The largest absolute Gasteiger partial charge is 0.508 e. The summed E-state index contributed by atoms with van der Waals surface area (Å²) in [6.07, 6.45) is 2.34. The first-order valence-electron chi connectivity index (χ1n) is 10.7. The number of aromatic hydroxyl groups is 1. The fourth-order valence-corrected chi connectivity index (χ4v) is 3.60. The number of nitrogens with two attached hydrogens (primary N) is 1. The number of hydrogen-bond acceptors (Lipinski definition) is 7. The van der Waals surface area contributed by atoms with Gasteiger partial charge in [-0.2, -0.15) is 0 Å². The van der Waals surface area contributed by atoms with Crippen molar-refractivity contribution in [1.29, 1.82) is 0 Å². The number of nitrogens with one attached hydrogen (secondary N) is 2. The highest BCUT2D eigenvalue weighted by atomic mass is 32.2. The van der Waals surface area contributed by atoms with Gasteiger partial charge in [0.2, 0.25) is 5.91 Å². The minimum atomic E-state index is -0.906. The number of nitrogen functional groups attached to an aromatic ring is 1. The third-order valence-electron chi connectivity index (χ3n) is 5.02. The highest BCUT2D eigenvalue weighted by molar-refractivity contribution is 7.98. The van der Waals surface area contributed by atoms with Gasteiger partial charge in [-0.1, -0.05) is 24.3 Å². The lowest BCUT2D eigenvalue weighted by Crippen LogP contribution is -2.27. The van der Waals surface area contributed by atoms with Crippen LogP contribution in [0.3, 0.4) is 0 Å². The van der Waals surface area contributed by atoms with Gasteiger partial charge >= 0.3 is 6.09 Å². The second kappa shape index (κ2) is 12.5. The number of benzene rings is 3. The summed E-state index contributed by atoms with van der Waals surface area (Å²) >= 11 is 1.59. The Morgan fingerprint density at radius 2 is 1.69 bits per heavy atom. The number of rotatable bonds is 9. The standard InChI is InChI=1S/C26H27N3O5S/c1-33-23(15-16-24(31)29-22-6-4-3-5-21(22)27)25(17-7-11-19(30)12-8-17)34-26(32)28-18-9-13-20(35-2)14-10-18/h3-16,23,25,30H,27H2,1-2H3,(H,28,32)(H,29,31)/b16-15+/t23-,25-/m1/s1. The van der Waals surface area contributed by atoms with Gasteiger partial charge in [-0.15, -0.1) is 11.8 Å². The van der Waals surface area contributed by atoms with Crippen molar-refractivity contribution in [3.8, 4) is 5.75 Å². The Kier molecular flexibility index (Phi) is 9.16. The van der Waals surface area contributed by atoms with Gasteiger partial charge in [-0.05, 0) is 66.4 Å². The van der Waals surface area contributed by atoms with Crippen LogP contribution in [0.4, 0.5) is 21.9 Å². The van der Waals surface area contributed by atoms with E-state index in [2.05, 4.69) is 10.6 Å². The highest BCUT2D eigenvalue weighted by Crippen LogP contribution is 2.27. The van der Waals surface area contributed by atoms with Crippen LogP contribution in [0.5, 0.6) is 5.75 Å². The minimum Gasteiger partial charge on any atom is -0.508 e. The van der Waals surface area contributed by atoms with Crippen molar-refractivity contribution >= 4 is 40.8 Å². The number of phenolic OH excluding ortho intramolecular Hbond substituents is 1. The molecule has 182 valence electrons. The molecule has 0 saturated carbocycles. The van der Waals surface area contributed by atoms with Gasteiger partial charge in [0.25, 0.3) is 0 Å². The van der Waals surface area contributed by atoms with Gasteiger partial charge in [-0.25, -0.2) is 4.79 Å². The lowest BCUT2D eigenvalue weighted by atomic mass is 10.0. The monoisotopic (exact) mass is 493 g/mol. The van der Waals surface area contributed by atoms with E-state index in [1.807, 2.05) is 18.4 Å². The number of ether oxygens (including phenoxy) is 2. The molecule has 5 N–H and O–H groups in total. The van der Waals surface area contributed by atoms with Crippen molar-refractivity contribution in [1.82, 2.24) is 0 Å². The van der Waals surface area contributed by atoms with Crippen LogP contribution in [-0.2, 0) is 14.3 Å². The summed E-state index contributed by atoms with van der Waals surface area (Å²) in [4.78, 5) is 26.2. The average molecular weight is 494 g/mol. The van der Waals surface area contributed by atoms with Crippen LogP contribution in [0.2, 0.25) is 0 Å². The molecule has 0 aliphatic rings. The van der Waals surface area contributed by atoms with Crippen LogP contribution in [0.25, 0.3) is 0 Å². The number of carbonyl (C=O) groups excluding carboxylic acids is 2. The quantitative estimate of drug-likeness (QED) is 0.184. The number of hydrogen-bond donors (Lipinski definition) is 4. The first-order valence-corrected chi connectivity index (χ1v) is 11.9. The Morgan fingerprint density at radius 3 is 2.31 bits per heavy atom. The maximum atomic E-state index is 12.7. The number of carbonyl (C=O) groups is 2. The fraction of sp³-hybridized carbons (Fsp3) is 0.154. The summed E-state index contributed by atoms with van der Waals surface area (Å²) in [5.41, 5.74) is 7.93. The number of thioether (sulfide) groups is 1. The van der Waals surface area contributed by atoms with Crippen molar-refractivity contribution in [3.63, 3.8) is 0 Å². The second-order valence-electron chi connectivity index (χ2n) is 7.41. The number of para-hydroxylation sites is 2. The molecule has 0 aliphatic carbocycles. The zero-order chi connectivity index (χ0) is 25.2. The maximum Gasteiger partial charge on any atom is 0.412 e. The van der Waals surface area contributed by atoms with Gasteiger partial charge in [-0.3, -0.25) is 10.1 Å². The van der Waals surface area contributed by atoms with Crippen LogP contribution in [-0.4, -0.2) is 36.6 Å². The Bertz CT molecular complexity index is 1170. The molecule has 2 amide bonds. The van der Waals surface area contributed by atoms with E-state index in [1.54, 1.807) is 60.3 Å². The van der Waals surface area contributed by atoms with E-state index in [4.69, 9.17) is 15.2 Å². The van der Waals surface area contributed by atoms with E-state index >= 15 is 0 Å². The minimum absolute atomic E-state index is 0.0650. The molecule has 8 nitrogen and oxygen atoms in total. The zero-order valence-electron chi connectivity index (χ0n) is 19.3. The van der Waals surface area contributed by atoms with Crippen LogP contribution in [0.15, 0.2) is 89.8 Å². The number of phenols is 1. The van der Waals surface area contributed by atoms with Gasteiger partial charge < -0.3 is 25.6 Å². The van der Waals surface area contributed by atoms with Gasteiger partial charge in [0.15, 0.2) is 6.10 Å². The molecular formula is C26H27N3O5S. The van der Waals surface area contributed by atoms with E-state index in [0.29, 0.717) is 22.6 Å².